The maximum atomic E-state index is 6.07. The van der Waals surface area contributed by atoms with Crippen LogP contribution in [0.5, 0.6) is 0 Å². The number of hydrogen-bond acceptors (Lipinski definition) is 2. The first-order valence-corrected chi connectivity index (χ1v) is 5.82. The third kappa shape index (κ3) is 2.63. The molecule has 2 N–H and O–H groups in total. The zero-order valence-corrected chi connectivity index (χ0v) is 9.45. The molecule has 1 rings (SSSR count). The number of halogens is 1. The van der Waals surface area contributed by atoms with Crippen molar-refractivity contribution in [1.29, 1.82) is 0 Å². The highest BCUT2D eigenvalue weighted by molar-refractivity contribution is 7.98. The van der Waals surface area contributed by atoms with Gasteiger partial charge >= 0.3 is 0 Å². The van der Waals surface area contributed by atoms with Gasteiger partial charge < -0.3 is 5.73 Å². The van der Waals surface area contributed by atoms with E-state index in [1.165, 1.54) is 5.56 Å². The van der Waals surface area contributed by atoms with Gasteiger partial charge in [0.15, 0.2) is 0 Å². The third-order valence-electron chi connectivity index (χ3n) is 2.10. The number of hydrogen-bond donors (Lipinski definition) is 1. The van der Waals surface area contributed by atoms with E-state index in [4.69, 9.17) is 17.3 Å². The Balaban J connectivity index is 2.95. The second-order valence-corrected chi connectivity index (χ2v) is 4.29. The molecule has 0 saturated carbocycles. The summed E-state index contributed by atoms with van der Waals surface area (Å²) in [5.74, 6) is 0.383. The minimum atomic E-state index is 0.383. The van der Waals surface area contributed by atoms with Crippen molar-refractivity contribution >= 4 is 23.4 Å². The van der Waals surface area contributed by atoms with Crippen molar-refractivity contribution in [2.75, 3.05) is 12.8 Å². The van der Waals surface area contributed by atoms with Gasteiger partial charge in [0.25, 0.3) is 0 Å². The first kappa shape index (κ1) is 10.9. The summed E-state index contributed by atoms with van der Waals surface area (Å²) in [5.41, 5.74) is 6.79. The molecule has 72 valence electrons. The second-order valence-electron chi connectivity index (χ2n) is 3.03. The van der Waals surface area contributed by atoms with Crippen molar-refractivity contribution in [3.63, 3.8) is 0 Å². The van der Waals surface area contributed by atoms with Crippen LogP contribution in [0.1, 0.15) is 18.4 Å². The summed E-state index contributed by atoms with van der Waals surface area (Å²) >= 11 is 7.73. The van der Waals surface area contributed by atoms with E-state index in [9.17, 15) is 0 Å². The summed E-state index contributed by atoms with van der Waals surface area (Å²) < 4.78 is 0. The zero-order chi connectivity index (χ0) is 9.84. The van der Waals surface area contributed by atoms with Crippen LogP contribution in [0.4, 0.5) is 0 Å². The van der Waals surface area contributed by atoms with E-state index in [-0.39, 0.29) is 0 Å². The Kier molecular flexibility index (Phi) is 4.10. The van der Waals surface area contributed by atoms with Crippen LogP contribution < -0.4 is 5.73 Å². The molecule has 0 fully saturated rings. The SMILES string of the molecule is CSc1ccc(C(C)CN)cc1Cl. The highest BCUT2D eigenvalue weighted by atomic mass is 35.5. The second kappa shape index (κ2) is 4.89. The summed E-state index contributed by atoms with van der Waals surface area (Å²) in [6.07, 6.45) is 2.02. The molecule has 1 aromatic carbocycles. The number of rotatable bonds is 3. The summed E-state index contributed by atoms with van der Waals surface area (Å²) in [6.45, 7) is 2.76. The molecule has 0 radical (unpaired) electrons. The Hall–Kier alpha value is -0.180. The first-order valence-electron chi connectivity index (χ1n) is 4.22. The lowest BCUT2D eigenvalue weighted by atomic mass is 10.0. The molecule has 0 amide bonds. The fraction of sp³-hybridized carbons (Fsp3) is 0.400. The van der Waals surface area contributed by atoms with Crippen LogP contribution in [-0.2, 0) is 0 Å². The average Bonchev–Trinajstić information content (AvgIpc) is 2.16. The Bertz CT molecular complexity index is 288. The fourth-order valence-electron chi connectivity index (χ4n) is 1.13. The monoisotopic (exact) mass is 215 g/mol. The molecule has 0 heterocycles. The quantitative estimate of drug-likeness (QED) is 0.785. The Morgan fingerprint density at radius 1 is 1.54 bits per heavy atom. The molecule has 0 aliphatic rings. The highest BCUT2D eigenvalue weighted by Crippen LogP contribution is 2.28. The molecule has 0 aliphatic carbocycles. The van der Waals surface area contributed by atoms with Crippen molar-refractivity contribution in [1.82, 2.24) is 0 Å². The van der Waals surface area contributed by atoms with Gasteiger partial charge in [0.2, 0.25) is 0 Å². The van der Waals surface area contributed by atoms with E-state index < -0.39 is 0 Å². The van der Waals surface area contributed by atoms with Gasteiger partial charge in [0.1, 0.15) is 0 Å². The molecule has 1 aromatic rings. The van der Waals surface area contributed by atoms with Crippen molar-refractivity contribution in [3.8, 4) is 0 Å². The third-order valence-corrected chi connectivity index (χ3v) is 3.32. The molecule has 1 atom stereocenters. The summed E-state index contributed by atoms with van der Waals surface area (Å²) in [7, 11) is 0. The van der Waals surface area contributed by atoms with Crippen LogP contribution in [0.25, 0.3) is 0 Å². The first-order chi connectivity index (χ1) is 6.19. The normalized spacial score (nSPS) is 12.9. The molecule has 13 heavy (non-hydrogen) atoms. The van der Waals surface area contributed by atoms with Crippen LogP contribution >= 0.6 is 23.4 Å². The minimum absolute atomic E-state index is 0.383. The van der Waals surface area contributed by atoms with E-state index in [0.29, 0.717) is 12.5 Å². The van der Waals surface area contributed by atoms with Crippen molar-refractivity contribution < 1.29 is 0 Å². The fourth-order valence-corrected chi connectivity index (χ4v) is 2.00. The highest BCUT2D eigenvalue weighted by Gasteiger charge is 2.05. The molecule has 3 heteroatoms. The van der Waals surface area contributed by atoms with Gasteiger partial charge in [-0.15, -0.1) is 11.8 Å². The molecule has 0 saturated heterocycles. The van der Waals surface area contributed by atoms with E-state index >= 15 is 0 Å². The van der Waals surface area contributed by atoms with Crippen LogP contribution in [0.15, 0.2) is 23.1 Å². The molecular weight excluding hydrogens is 202 g/mol. The Morgan fingerprint density at radius 3 is 2.69 bits per heavy atom. The number of thioether (sulfide) groups is 1. The van der Waals surface area contributed by atoms with Crippen molar-refractivity contribution in [2.24, 2.45) is 5.73 Å². The molecule has 0 aromatic heterocycles. The largest absolute Gasteiger partial charge is 0.330 e. The molecule has 0 spiro atoms. The van der Waals surface area contributed by atoms with Gasteiger partial charge in [0.05, 0.1) is 5.02 Å². The van der Waals surface area contributed by atoms with Gasteiger partial charge in [-0.25, -0.2) is 0 Å². The van der Waals surface area contributed by atoms with Gasteiger partial charge in [-0.1, -0.05) is 24.6 Å². The molecule has 1 unspecified atom stereocenters. The molecular formula is C10H14ClNS. The maximum Gasteiger partial charge on any atom is 0.0544 e. The topological polar surface area (TPSA) is 26.0 Å². The average molecular weight is 216 g/mol. The van der Waals surface area contributed by atoms with E-state index in [2.05, 4.69) is 19.1 Å². The van der Waals surface area contributed by atoms with Crippen LogP contribution in [0.3, 0.4) is 0 Å². The van der Waals surface area contributed by atoms with Crippen molar-refractivity contribution in [2.45, 2.75) is 17.7 Å². The van der Waals surface area contributed by atoms with Gasteiger partial charge in [-0.3, -0.25) is 0 Å². The molecule has 1 nitrogen and oxygen atoms in total. The van der Waals surface area contributed by atoms with E-state index in [1.807, 2.05) is 12.3 Å². The van der Waals surface area contributed by atoms with Crippen LogP contribution in [-0.4, -0.2) is 12.8 Å². The van der Waals surface area contributed by atoms with E-state index in [1.54, 1.807) is 11.8 Å². The summed E-state index contributed by atoms with van der Waals surface area (Å²) in [4.78, 5) is 1.12. The molecule has 0 aliphatic heterocycles. The lowest BCUT2D eigenvalue weighted by Gasteiger charge is -2.10. The molecule has 0 bridgehead atoms. The number of nitrogens with two attached hydrogens (primary N) is 1. The van der Waals surface area contributed by atoms with Gasteiger partial charge in [-0.05, 0) is 36.4 Å². The zero-order valence-electron chi connectivity index (χ0n) is 7.88. The van der Waals surface area contributed by atoms with Crippen LogP contribution in [0.2, 0.25) is 5.02 Å². The Labute approximate surface area is 88.7 Å². The smallest absolute Gasteiger partial charge is 0.0544 e. The summed E-state index contributed by atoms with van der Waals surface area (Å²) in [5, 5.41) is 0.824. The maximum absolute atomic E-state index is 6.07. The van der Waals surface area contributed by atoms with E-state index in [0.717, 1.165) is 9.92 Å². The summed E-state index contributed by atoms with van der Waals surface area (Å²) in [6, 6.07) is 6.15. The lowest BCUT2D eigenvalue weighted by Crippen LogP contribution is -2.08. The van der Waals surface area contributed by atoms with Crippen LogP contribution in [0, 0.1) is 0 Å². The predicted molar refractivity (Wildman–Crippen MR) is 60.7 cm³/mol. The van der Waals surface area contributed by atoms with Gasteiger partial charge in [-0.2, -0.15) is 0 Å². The number of benzene rings is 1. The lowest BCUT2D eigenvalue weighted by molar-refractivity contribution is 0.773. The standard InChI is InChI=1S/C10H14ClNS/c1-7(6-12)8-3-4-10(13-2)9(11)5-8/h3-5,7H,6,12H2,1-2H3. The Morgan fingerprint density at radius 2 is 2.23 bits per heavy atom. The van der Waals surface area contributed by atoms with Gasteiger partial charge in [0, 0.05) is 4.90 Å². The van der Waals surface area contributed by atoms with Crippen molar-refractivity contribution in [3.05, 3.63) is 28.8 Å². The minimum Gasteiger partial charge on any atom is -0.330 e. The predicted octanol–water partition coefficient (Wildman–Crippen LogP) is 3.12.